The lowest BCUT2D eigenvalue weighted by Gasteiger charge is -2.31. The third-order valence-corrected chi connectivity index (χ3v) is 2.11. The summed E-state index contributed by atoms with van der Waals surface area (Å²) in [5, 5.41) is 14.1. The highest BCUT2D eigenvalue weighted by Gasteiger charge is 2.26. The molecular formula is C8H16N2O3. The topological polar surface area (TPSA) is 70.6 Å². The monoisotopic (exact) mass is 188 g/mol. The largest absolute Gasteiger partial charge is 0.465 e. The fourth-order valence-electron chi connectivity index (χ4n) is 1.55. The Morgan fingerprint density at radius 1 is 1.77 bits per heavy atom. The SMILES string of the molecule is CCO[C@@H]1CCNC[C@H]1NC(=O)O. The molecule has 1 aliphatic heterocycles. The minimum atomic E-state index is -0.988. The van der Waals surface area contributed by atoms with Gasteiger partial charge in [0.25, 0.3) is 0 Å². The zero-order valence-corrected chi connectivity index (χ0v) is 7.75. The Morgan fingerprint density at radius 3 is 3.15 bits per heavy atom. The third-order valence-electron chi connectivity index (χ3n) is 2.11. The van der Waals surface area contributed by atoms with Gasteiger partial charge in [0.05, 0.1) is 12.1 Å². The maximum atomic E-state index is 10.4. The lowest BCUT2D eigenvalue weighted by atomic mass is 10.0. The van der Waals surface area contributed by atoms with Crippen molar-refractivity contribution in [3.05, 3.63) is 0 Å². The zero-order chi connectivity index (χ0) is 9.68. The molecule has 3 N–H and O–H groups in total. The van der Waals surface area contributed by atoms with E-state index in [9.17, 15) is 4.79 Å². The molecule has 1 amide bonds. The van der Waals surface area contributed by atoms with E-state index < -0.39 is 6.09 Å². The number of nitrogens with one attached hydrogen (secondary N) is 2. The molecule has 0 bridgehead atoms. The van der Waals surface area contributed by atoms with Crippen molar-refractivity contribution in [1.29, 1.82) is 0 Å². The molecule has 5 heteroatoms. The Kier molecular flexibility index (Phi) is 3.98. The van der Waals surface area contributed by atoms with Crippen LogP contribution in [0.5, 0.6) is 0 Å². The van der Waals surface area contributed by atoms with Crippen LogP contribution in [0.25, 0.3) is 0 Å². The molecule has 0 aromatic rings. The molecule has 0 spiro atoms. The van der Waals surface area contributed by atoms with E-state index in [0.29, 0.717) is 13.2 Å². The molecule has 0 radical (unpaired) electrons. The van der Waals surface area contributed by atoms with Crippen LogP contribution < -0.4 is 10.6 Å². The second kappa shape index (κ2) is 5.04. The smallest absolute Gasteiger partial charge is 0.405 e. The van der Waals surface area contributed by atoms with Gasteiger partial charge in [0.1, 0.15) is 0 Å². The molecule has 1 saturated heterocycles. The van der Waals surface area contributed by atoms with Crippen molar-refractivity contribution in [3.8, 4) is 0 Å². The van der Waals surface area contributed by atoms with Crippen LogP contribution >= 0.6 is 0 Å². The summed E-state index contributed by atoms with van der Waals surface area (Å²) in [6.45, 7) is 4.09. The fraction of sp³-hybridized carbons (Fsp3) is 0.875. The van der Waals surface area contributed by atoms with Crippen LogP contribution in [0.2, 0.25) is 0 Å². The van der Waals surface area contributed by atoms with Crippen molar-refractivity contribution >= 4 is 6.09 Å². The predicted molar refractivity (Wildman–Crippen MR) is 47.8 cm³/mol. The average molecular weight is 188 g/mol. The van der Waals surface area contributed by atoms with Gasteiger partial charge in [0, 0.05) is 13.2 Å². The first-order valence-corrected chi connectivity index (χ1v) is 4.55. The van der Waals surface area contributed by atoms with E-state index in [1.165, 1.54) is 0 Å². The lowest BCUT2D eigenvalue weighted by Crippen LogP contribution is -2.54. The van der Waals surface area contributed by atoms with Crippen molar-refractivity contribution in [2.24, 2.45) is 0 Å². The number of amides is 1. The van der Waals surface area contributed by atoms with Gasteiger partial charge in [-0.1, -0.05) is 0 Å². The Bertz CT molecular complexity index is 173. The lowest BCUT2D eigenvalue weighted by molar-refractivity contribution is 0.0186. The van der Waals surface area contributed by atoms with Gasteiger partial charge in [-0.3, -0.25) is 0 Å². The van der Waals surface area contributed by atoms with E-state index in [2.05, 4.69) is 10.6 Å². The number of hydrogen-bond donors (Lipinski definition) is 3. The van der Waals surface area contributed by atoms with Crippen LogP contribution in [0.4, 0.5) is 4.79 Å². The van der Waals surface area contributed by atoms with Crippen molar-refractivity contribution < 1.29 is 14.6 Å². The van der Waals surface area contributed by atoms with Gasteiger partial charge in [0.15, 0.2) is 0 Å². The van der Waals surface area contributed by atoms with E-state index in [4.69, 9.17) is 9.84 Å². The van der Waals surface area contributed by atoms with Crippen LogP contribution in [0.3, 0.4) is 0 Å². The van der Waals surface area contributed by atoms with Gasteiger partial charge in [-0.25, -0.2) is 4.79 Å². The van der Waals surface area contributed by atoms with Crippen LogP contribution in [0.15, 0.2) is 0 Å². The van der Waals surface area contributed by atoms with E-state index in [-0.39, 0.29) is 12.1 Å². The minimum Gasteiger partial charge on any atom is -0.465 e. The summed E-state index contributed by atoms with van der Waals surface area (Å²) in [4.78, 5) is 10.4. The fourth-order valence-corrected chi connectivity index (χ4v) is 1.55. The molecule has 13 heavy (non-hydrogen) atoms. The second-order valence-electron chi connectivity index (χ2n) is 3.04. The molecule has 0 unspecified atom stereocenters. The molecule has 1 heterocycles. The van der Waals surface area contributed by atoms with Gasteiger partial charge < -0.3 is 20.5 Å². The summed E-state index contributed by atoms with van der Waals surface area (Å²) in [5.74, 6) is 0. The van der Waals surface area contributed by atoms with Gasteiger partial charge in [-0.2, -0.15) is 0 Å². The van der Waals surface area contributed by atoms with Crippen LogP contribution in [0, 0.1) is 0 Å². The molecule has 0 saturated carbocycles. The summed E-state index contributed by atoms with van der Waals surface area (Å²) in [5.41, 5.74) is 0. The molecule has 0 aromatic heterocycles. The first-order chi connectivity index (χ1) is 6.24. The third kappa shape index (κ3) is 3.20. The van der Waals surface area contributed by atoms with E-state index in [1.807, 2.05) is 6.92 Å². The zero-order valence-electron chi connectivity index (χ0n) is 7.75. The van der Waals surface area contributed by atoms with Crippen molar-refractivity contribution in [2.45, 2.75) is 25.5 Å². The van der Waals surface area contributed by atoms with Crippen LogP contribution in [0.1, 0.15) is 13.3 Å². The predicted octanol–water partition coefficient (Wildman–Crippen LogP) is 0.0210. The highest BCUT2D eigenvalue weighted by atomic mass is 16.5. The first-order valence-electron chi connectivity index (χ1n) is 4.55. The number of piperidine rings is 1. The standard InChI is InChI=1S/C8H16N2O3/c1-2-13-7-3-4-9-5-6(7)10-8(11)12/h6-7,9-10H,2-5H2,1H3,(H,11,12)/t6-,7-/m1/s1. The summed E-state index contributed by atoms with van der Waals surface area (Å²) in [6.07, 6.45) is -0.112. The quantitative estimate of drug-likeness (QED) is 0.584. The summed E-state index contributed by atoms with van der Waals surface area (Å²) < 4.78 is 5.43. The highest BCUT2D eigenvalue weighted by Crippen LogP contribution is 2.08. The Morgan fingerprint density at radius 2 is 2.54 bits per heavy atom. The van der Waals surface area contributed by atoms with E-state index >= 15 is 0 Å². The molecule has 2 atom stereocenters. The molecule has 1 aliphatic rings. The number of rotatable bonds is 3. The maximum Gasteiger partial charge on any atom is 0.405 e. The van der Waals surface area contributed by atoms with E-state index in [1.54, 1.807) is 0 Å². The molecule has 0 aliphatic carbocycles. The summed E-state index contributed by atoms with van der Waals surface area (Å²) >= 11 is 0. The summed E-state index contributed by atoms with van der Waals surface area (Å²) in [6, 6.07) is -0.119. The van der Waals surface area contributed by atoms with E-state index in [0.717, 1.165) is 13.0 Å². The number of hydrogen-bond acceptors (Lipinski definition) is 3. The molecule has 1 rings (SSSR count). The van der Waals surface area contributed by atoms with Gasteiger partial charge >= 0.3 is 6.09 Å². The number of carboxylic acid groups (broad SMARTS) is 1. The maximum absolute atomic E-state index is 10.4. The summed E-state index contributed by atoms with van der Waals surface area (Å²) in [7, 11) is 0. The number of ether oxygens (including phenoxy) is 1. The van der Waals surface area contributed by atoms with Crippen molar-refractivity contribution in [3.63, 3.8) is 0 Å². The van der Waals surface area contributed by atoms with Crippen LogP contribution in [-0.2, 0) is 4.74 Å². The Hall–Kier alpha value is -0.810. The Labute approximate surface area is 77.5 Å². The minimum absolute atomic E-state index is 0.0161. The van der Waals surface area contributed by atoms with Gasteiger partial charge in [-0.05, 0) is 19.9 Å². The second-order valence-corrected chi connectivity index (χ2v) is 3.04. The molecule has 0 aromatic carbocycles. The van der Waals surface area contributed by atoms with Crippen molar-refractivity contribution in [2.75, 3.05) is 19.7 Å². The van der Waals surface area contributed by atoms with Crippen molar-refractivity contribution in [1.82, 2.24) is 10.6 Å². The van der Waals surface area contributed by atoms with Gasteiger partial charge in [-0.15, -0.1) is 0 Å². The Balaban J connectivity index is 2.41. The average Bonchev–Trinajstić information content (AvgIpc) is 2.08. The molecule has 5 nitrogen and oxygen atoms in total. The molecule has 1 fully saturated rings. The highest BCUT2D eigenvalue weighted by molar-refractivity contribution is 5.65. The normalized spacial score (nSPS) is 28.4. The van der Waals surface area contributed by atoms with Gasteiger partial charge in [0.2, 0.25) is 0 Å². The molecular weight excluding hydrogens is 172 g/mol. The first kappa shape index (κ1) is 10.3. The number of carbonyl (C=O) groups is 1. The molecule has 76 valence electrons. The van der Waals surface area contributed by atoms with Crippen LogP contribution in [-0.4, -0.2) is 43.0 Å².